The number of carbonyl (C=O) groups is 2. The highest BCUT2D eigenvalue weighted by Crippen LogP contribution is 2.28. The second kappa shape index (κ2) is 11.7. The van der Waals surface area contributed by atoms with Gasteiger partial charge in [0.05, 0.1) is 27.2 Å². The molecule has 0 bridgehead atoms. The lowest BCUT2D eigenvalue weighted by Crippen LogP contribution is -2.39. The van der Waals surface area contributed by atoms with Gasteiger partial charge in [-0.15, -0.1) is 0 Å². The van der Waals surface area contributed by atoms with Crippen molar-refractivity contribution in [1.29, 1.82) is 0 Å². The summed E-state index contributed by atoms with van der Waals surface area (Å²) >= 11 is 5.58. The monoisotopic (exact) mass is 485 g/mol. The molecule has 2 aromatic rings. The van der Waals surface area contributed by atoms with Crippen molar-refractivity contribution in [1.82, 2.24) is 9.80 Å². The van der Waals surface area contributed by atoms with Gasteiger partial charge in [0.2, 0.25) is 5.91 Å². The number of benzene rings is 2. The summed E-state index contributed by atoms with van der Waals surface area (Å²) in [7, 11) is 3.18. The number of rotatable bonds is 11. The predicted octanol–water partition coefficient (Wildman–Crippen LogP) is 3.49. The lowest BCUT2D eigenvalue weighted by atomic mass is 10.1. The molecule has 1 saturated heterocycles. The number of ether oxygens (including phenoxy) is 3. The average Bonchev–Trinajstić information content (AvgIpc) is 3.06. The first-order valence-electron chi connectivity index (χ1n) is 11.3. The first kappa shape index (κ1) is 25.3. The highest BCUT2D eigenvalue weighted by Gasteiger charge is 2.42. The largest absolute Gasteiger partial charge is 0.494 e. The van der Waals surface area contributed by atoms with Gasteiger partial charge >= 0.3 is 0 Å². The Hall–Kier alpha value is -3.33. The fourth-order valence-electron chi connectivity index (χ4n) is 3.91. The first-order valence-corrected chi connectivity index (χ1v) is 11.7. The molecule has 0 aromatic heterocycles. The molecule has 1 fully saturated rings. The van der Waals surface area contributed by atoms with Crippen molar-refractivity contribution >= 4 is 34.8 Å². The minimum Gasteiger partial charge on any atom is -0.494 e. The standard InChI is InChI=1S/C25H31N3O5S/c1-5-27-24(30)20(16-23(29)26-18-8-10-19(11-9-18)33-6-2)28(25(27)34)14-13-17-7-12-21(31-3)22(15-17)32-4/h7-12,15,20H,5-6,13-14,16H2,1-4H3,(H,26,29). The van der Waals surface area contributed by atoms with Crippen LogP contribution >= 0.6 is 12.2 Å². The van der Waals surface area contributed by atoms with E-state index in [2.05, 4.69) is 5.32 Å². The number of nitrogens with zero attached hydrogens (tertiary/aromatic N) is 2. The summed E-state index contributed by atoms with van der Waals surface area (Å²) in [5, 5.41) is 3.31. The summed E-state index contributed by atoms with van der Waals surface area (Å²) in [5.74, 6) is 1.62. The van der Waals surface area contributed by atoms with Crippen molar-refractivity contribution in [3.63, 3.8) is 0 Å². The number of amides is 2. The average molecular weight is 486 g/mol. The second-order valence-electron chi connectivity index (χ2n) is 7.72. The maximum absolute atomic E-state index is 13.0. The third kappa shape index (κ3) is 5.77. The molecule has 1 unspecified atom stereocenters. The number of thiocarbonyl (C=S) groups is 1. The van der Waals surface area contributed by atoms with E-state index in [1.807, 2.05) is 36.9 Å². The van der Waals surface area contributed by atoms with Crippen LogP contribution in [0.3, 0.4) is 0 Å². The van der Waals surface area contributed by atoms with Crippen LogP contribution < -0.4 is 19.5 Å². The Kier molecular flexibility index (Phi) is 8.70. The van der Waals surface area contributed by atoms with Gasteiger partial charge < -0.3 is 24.4 Å². The number of nitrogens with one attached hydrogen (secondary N) is 1. The molecule has 2 amide bonds. The number of methoxy groups -OCH3 is 2. The van der Waals surface area contributed by atoms with Crippen molar-refractivity contribution in [2.45, 2.75) is 32.7 Å². The Labute approximate surface area is 205 Å². The Morgan fingerprint density at radius 1 is 1.06 bits per heavy atom. The van der Waals surface area contributed by atoms with Gasteiger partial charge in [-0.25, -0.2) is 0 Å². The fourth-order valence-corrected chi connectivity index (χ4v) is 4.35. The SMILES string of the molecule is CCOc1ccc(NC(=O)CC2C(=O)N(CC)C(=S)N2CCc2ccc(OC)c(OC)c2)cc1. The fraction of sp³-hybridized carbons (Fsp3) is 0.400. The van der Waals surface area contributed by atoms with Gasteiger partial charge in [-0.1, -0.05) is 6.07 Å². The molecule has 0 aliphatic carbocycles. The summed E-state index contributed by atoms with van der Waals surface area (Å²) in [6, 6.07) is 12.2. The lowest BCUT2D eigenvalue weighted by molar-refractivity contribution is -0.130. The van der Waals surface area contributed by atoms with E-state index < -0.39 is 6.04 Å². The normalized spacial score (nSPS) is 15.5. The van der Waals surface area contributed by atoms with Crippen LogP contribution in [-0.4, -0.2) is 66.7 Å². The molecule has 0 spiro atoms. The van der Waals surface area contributed by atoms with E-state index in [0.29, 0.717) is 48.4 Å². The van der Waals surface area contributed by atoms with E-state index in [1.165, 1.54) is 0 Å². The van der Waals surface area contributed by atoms with Crippen LogP contribution in [0.1, 0.15) is 25.8 Å². The van der Waals surface area contributed by atoms with Gasteiger partial charge in [0.15, 0.2) is 16.6 Å². The van der Waals surface area contributed by atoms with Crippen LogP contribution in [0.15, 0.2) is 42.5 Å². The summed E-state index contributed by atoms with van der Waals surface area (Å²) < 4.78 is 16.1. The number of hydrogen-bond acceptors (Lipinski definition) is 6. The quantitative estimate of drug-likeness (QED) is 0.488. The van der Waals surface area contributed by atoms with Gasteiger partial charge in [-0.05, 0) is 74.4 Å². The van der Waals surface area contributed by atoms with Crippen LogP contribution in [0.4, 0.5) is 5.69 Å². The Morgan fingerprint density at radius 3 is 2.38 bits per heavy atom. The van der Waals surface area contributed by atoms with Crippen molar-refractivity contribution in [3.05, 3.63) is 48.0 Å². The van der Waals surface area contributed by atoms with Crippen LogP contribution in [0.5, 0.6) is 17.2 Å². The smallest absolute Gasteiger partial charge is 0.252 e. The van der Waals surface area contributed by atoms with Crippen LogP contribution in [0.25, 0.3) is 0 Å². The molecular formula is C25H31N3O5S. The van der Waals surface area contributed by atoms with Gasteiger partial charge in [0.25, 0.3) is 5.91 Å². The number of likely N-dealkylation sites (N-methyl/N-ethyl adjacent to an activating group) is 1. The summed E-state index contributed by atoms with van der Waals surface area (Å²) in [6.07, 6.45) is 0.636. The first-order chi connectivity index (χ1) is 16.4. The molecule has 8 nitrogen and oxygen atoms in total. The molecular weight excluding hydrogens is 454 g/mol. The van der Waals surface area contributed by atoms with E-state index >= 15 is 0 Å². The van der Waals surface area contributed by atoms with Gasteiger partial charge in [0.1, 0.15) is 11.8 Å². The minimum absolute atomic E-state index is 0.00855. The van der Waals surface area contributed by atoms with E-state index in [9.17, 15) is 9.59 Å². The Morgan fingerprint density at radius 2 is 1.76 bits per heavy atom. The van der Waals surface area contributed by atoms with Crippen LogP contribution in [-0.2, 0) is 16.0 Å². The van der Waals surface area contributed by atoms with Crippen LogP contribution in [0, 0.1) is 0 Å². The van der Waals surface area contributed by atoms with Crippen molar-refractivity contribution < 1.29 is 23.8 Å². The molecule has 1 atom stereocenters. The number of anilines is 1. The molecule has 34 heavy (non-hydrogen) atoms. The predicted molar refractivity (Wildman–Crippen MR) is 135 cm³/mol. The summed E-state index contributed by atoms with van der Waals surface area (Å²) in [5.41, 5.74) is 1.66. The minimum atomic E-state index is -0.643. The molecule has 9 heteroatoms. The zero-order chi connectivity index (χ0) is 24.7. The van der Waals surface area contributed by atoms with Gasteiger partial charge in [-0.2, -0.15) is 0 Å². The zero-order valence-electron chi connectivity index (χ0n) is 20.0. The van der Waals surface area contributed by atoms with E-state index in [-0.39, 0.29) is 18.2 Å². The summed E-state index contributed by atoms with van der Waals surface area (Å²) in [6.45, 7) is 5.32. The van der Waals surface area contributed by atoms with Crippen LogP contribution in [0.2, 0.25) is 0 Å². The van der Waals surface area contributed by atoms with Gasteiger partial charge in [0, 0.05) is 18.8 Å². The number of carbonyl (C=O) groups excluding carboxylic acids is 2. The Balaban J connectivity index is 1.69. The van der Waals surface area contributed by atoms with Crippen molar-refractivity contribution in [3.8, 4) is 17.2 Å². The third-order valence-electron chi connectivity index (χ3n) is 5.64. The molecule has 1 N–H and O–H groups in total. The molecule has 1 aliphatic heterocycles. The summed E-state index contributed by atoms with van der Waals surface area (Å²) in [4.78, 5) is 29.2. The molecule has 1 heterocycles. The highest BCUT2D eigenvalue weighted by atomic mass is 32.1. The molecule has 1 aliphatic rings. The maximum Gasteiger partial charge on any atom is 0.252 e. The molecule has 3 rings (SSSR count). The maximum atomic E-state index is 13.0. The zero-order valence-corrected chi connectivity index (χ0v) is 20.8. The molecule has 2 aromatic carbocycles. The topological polar surface area (TPSA) is 80.3 Å². The lowest BCUT2D eigenvalue weighted by Gasteiger charge is -2.24. The molecule has 0 saturated carbocycles. The van der Waals surface area contributed by atoms with E-state index in [1.54, 1.807) is 43.4 Å². The van der Waals surface area contributed by atoms with E-state index in [4.69, 9.17) is 26.4 Å². The highest BCUT2D eigenvalue weighted by molar-refractivity contribution is 7.80. The molecule has 0 radical (unpaired) electrons. The Bertz CT molecular complexity index is 1030. The van der Waals surface area contributed by atoms with Gasteiger partial charge in [-0.3, -0.25) is 14.5 Å². The van der Waals surface area contributed by atoms with Crippen molar-refractivity contribution in [2.75, 3.05) is 39.2 Å². The molecule has 182 valence electrons. The third-order valence-corrected chi connectivity index (χ3v) is 6.09. The van der Waals surface area contributed by atoms with E-state index in [0.717, 1.165) is 11.3 Å². The van der Waals surface area contributed by atoms with Crippen molar-refractivity contribution in [2.24, 2.45) is 0 Å². The second-order valence-corrected chi connectivity index (χ2v) is 8.09. The number of hydrogen-bond donors (Lipinski definition) is 1.